The smallest absolute Gasteiger partial charge is 0.276 e. The Hall–Kier alpha value is -4.14. The predicted octanol–water partition coefficient (Wildman–Crippen LogP) is 3.14. The molecule has 0 unspecified atom stereocenters. The fraction of sp³-hybridized carbons (Fsp3) is 0.208. The van der Waals surface area contributed by atoms with Crippen LogP contribution >= 0.6 is 0 Å². The van der Waals surface area contributed by atoms with Crippen LogP contribution < -0.4 is 20.3 Å². The number of hydrogen-bond donors (Lipinski definition) is 1. The second-order valence-electron chi connectivity index (χ2n) is 7.22. The van der Waals surface area contributed by atoms with Crippen LogP contribution in [-0.4, -0.2) is 40.3 Å². The summed E-state index contributed by atoms with van der Waals surface area (Å²) in [6, 6.07) is 13.2. The highest BCUT2D eigenvalue weighted by Crippen LogP contribution is 2.22. The minimum absolute atomic E-state index is 0.0665. The predicted molar refractivity (Wildman–Crippen MR) is 121 cm³/mol. The van der Waals surface area contributed by atoms with Crippen LogP contribution in [0.15, 0.2) is 65.7 Å². The zero-order chi connectivity index (χ0) is 23.4. The Labute approximate surface area is 189 Å². The molecule has 4 rings (SSSR count). The number of methoxy groups -OCH3 is 1. The number of amides is 1. The Morgan fingerprint density at radius 2 is 1.91 bits per heavy atom. The van der Waals surface area contributed by atoms with Gasteiger partial charge >= 0.3 is 0 Å². The molecule has 1 N–H and O–H groups in total. The first kappa shape index (κ1) is 22.1. The molecule has 0 aliphatic heterocycles. The largest absolute Gasteiger partial charge is 0.494 e. The van der Waals surface area contributed by atoms with Crippen LogP contribution in [0.2, 0.25) is 0 Å². The molecule has 0 aliphatic rings. The highest BCUT2D eigenvalue weighted by atomic mass is 19.1. The Morgan fingerprint density at radius 3 is 2.61 bits per heavy atom. The molecule has 0 spiro atoms. The van der Waals surface area contributed by atoms with Crippen LogP contribution in [0.5, 0.6) is 11.5 Å². The monoisotopic (exact) mass is 450 g/mol. The molecule has 0 radical (unpaired) electrons. The van der Waals surface area contributed by atoms with Crippen LogP contribution in [0.4, 0.5) is 4.39 Å². The normalized spacial score (nSPS) is 10.9. The van der Waals surface area contributed by atoms with Crippen LogP contribution in [-0.2, 0) is 6.54 Å². The van der Waals surface area contributed by atoms with Crippen molar-refractivity contribution in [1.82, 2.24) is 19.5 Å². The van der Waals surface area contributed by atoms with Gasteiger partial charge < -0.3 is 19.4 Å². The molecular formula is C24H23FN4O4. The highest BCUT2D eigenvalue weighted by Gasteiger charge is 2.12. The summed E-state index contributed by atoms with van der Waals surface area (Å²) in [7, 11) is 1.36. The number of hydrogen-bond acceptors (Lipinski definition) is 5. The Bertz CT molecular complexity index is 1350. The Morgan fingerprint density at radius 1 is 1.12 bits per heavy atom. The Balaban J connectivity index is 1.45. The molecule has 33 heavy (non-hydrogen) atoms. The maximum atomic E-state index is 13.8. The molecule has 0 saturated carbocycles. The molecule has 0 fully saturated rings. The third-order valence-corrected chi connectivity index (χ3v) is 5.12. The van der Waals surface area contributed by atoms with Crippen LogP contribution in [0, 0.1) is 5.82 Å². The SMILES string of the molecule is CCOc1ccc(-c2cc3c(=O)n(CCNC(=O)c4ccc(OC)c(F)c4)ccn3n2)cc1. The molecule has 170 valence electrons. The number of nitrogens with zero attached hydrogens (tertiary/aromatic N) is 3. The summed E-state index contributed by atoms with van der Waals surface area (Å²) in [6.45, 7) is 2.96. The van der Waals surface area contributed by atoms with E-state index in [1.165, 1.54) is 28.3 Å². The summed E-state index contributed by atoms with van der Waals surface area (Å²) in [5.41, 5.74) is 1.90. The zero-order valence-electron chi connectivity index (χ0n) is 18.2. The van der Waals surface area contributed by atoms with Gasteiger partial charge in [0.2, 0.25) is 0 Å². The summed E-state index contributed by atoms with van der Waals surface area (Å²) >= 11 is 0. The molecule has 0 bridgehead atoms. The van der Waals surface area contributed by atoms with Crippen molar-refractivity contribution in [3.05, 3.63) is 82.7 Å². The maximum absolute atomic E-state index is 13.8. The molecule has 4 aromatic rings. The molecule has 0 aliphatic carbocycles. The fourth-order valence-electron chi connectivity index (χ4n) is 3.43. The van der Waals surface area contributed by atoms with Crippen molar-refractivity contribution in [2.24, 2.45) is 0 Å². The highest BCUT2D eigenvalue weighted by molar-refractivity contribution is 5.94. The van der Waals surface area contributed by atoms with E-state index in [0.29, 0.717) is 17.8 Å². The molecule has 0 atom stereocenters. The maximum Gasteiger partial charge on any atom is 0.276 e. The van der Waals surface area contributed by atoms with Crippen LogP contribution in [0.3, 0.4) is 0 Å². The number of fused-ring (bicyclic) bond motifs is 1. The van der Waals surface area contributed by atoms with E-state index in [4.69, 9.17) is 9.47 Å². The van der Waals surface area contributed by atoms with Gasteiger partial charge in [0, 0.05) is 36.6 Å². The van der Waals surface area contributed by atoms with Gasteiger partial charge in [0.25, 0.3) is 11.5 Å². The second-order valence-corrected chi connectivity index (χ2v) is 7.22. The molecule has 2 heterocycles. The summed E-state index contributed by atoms with van der Waals surface area (Å²) < 4.78 is 27.1. The van der Waals surface area contributed by atoms with E-state index >= 15 is 0 Å². The number of aromatic nitrogens is 3. The summed E-state index contributed by atoms with van der Waals surface area (Å²) in [6.07, 6.45) is 3.30. The van der Waals surface area contributed by atoms with Gasteiger partial charge in [-0.25, -0.2) is 8.91 Å². The van der Waals surface area contributed by atoms with Gasteiger partial charge in [-0.15, -0.1) is 0 Å². The van der Waals surface area contributed by atoms with Gasteiger partial charge in [0.1, 0.15) is 11.3 Å². The zero-order valence-corrected chi connectivity index (χ0v) is 18.2. The van der Waals surface area contributed by atoms with E-state index in [1.54, 1.807) is 18.5 Å². The Kier molecular flexibility index (Phi) is 6.39. The van der Waals surface area contributed by atoms with Crippen LogP contribution in [0.25, 0.3) is 16.8 Å². The van der Waals surface area contributed by atoms with Crippen molar-refractivity contribution in [2.45, 2.75) is 13.5 Å². The van der Waals surface area contributed by atoms with Crippen molar-refractivity contribution < 1.29 is 18.7 Å². The molecule has 2 aromatic heterocycles. The minimum atomic E-state index is -0.615. The number of carbonyl (C=O) groups excluding carboxylic acids is 1. The van der Waals surface area contributed by atoms with Crippen molar-refractivity contribution in [3.8, 4) is 22.8 Å². The van der Waals surface area contributed by atoms with Crippen molar-refractivity contribution in [2.75, 3.05) is 20.3 Å². The summed E-state index contributed by atoms with van der Waals surface area (Å²) in [5, 5.41) is 7.17. The second kappa shape index (κ2) is 9.56. The number of ether oxygens (including phenoxy) is 2. The van der Waals surface area contributed by atoms with Crippen molar-refractivity contribution in [3.63, 3.8) is 0 Å². The standard InChI is InChI=1S/C24H23FN4O4/c1-3-33-18-7-4-16(5-8-18)20-15-21-24(31)28(12-13-29(21)27-20)11-10-26-23(30)17-6-9-22(32-2)19(25)14-17/h4-9,12-15H,3,10-11H2,1-2H3,(H,26,30). The lowest BCUT2D eigenvalue weighted by Crippen LogP contribution is -2.31. The van der Waals surface area contributed by atoms with E-state index in [-0.39, 0.29) is 30.0 Å². The molecular weight excluding hydrogens is 427 g/mol. The van der Waals surface area contributed by atoms with E-state index in [0.717, 1.165) is 17.4 Å². The molecule has 2 aromatic carbocycles. The number of nitrogens with one attached hydrogen (secondary N) is 1. The number of benzene rings is 2. The molecule has 8 nitrogen and oxygen atoms in total. The van der Waals surface area contributed by atoms with Gasteiger partial charge in [-0.3, -0.25) is 9.59 Å². The third kappa shape index (κ3) is 4.72. The van der Waals surface area contributed by atoms with E-state index in [1.807, 2.05) is 31.2 Å². The van der Waals surface area contributed by atoms with E-state index < -0.39 is 11.7 Å². The van der Waals surface area contributed by atoms with Crippen LogP contribution in [0.1, 0.15) is 17.3 Å². The van der Waals surface area contributed by atoms with Gasteiger partial charge in [-0.2, -0.15) is 5.10 Å². The quantitative estimate of drug-likeness (QED) is 0.446. The number of rotatable bonds is 8. The van der Waals surface area contributed by atoms with E-state index in [2.05, 4.69) is 10.4 Å². The lowest BCUT2D eigenvalue weighted by atomic mass is 10.1. The van der Waals surface area contributed by atoms with Gasteiger partial charge in [-0.05, 0) is 55.5 Å². The first-order valence-electron chi connectivity index (χ1n) is 10.4. The first-order valence-corrected chi connectivity index (χ1v) is 10.4. The molecule has 9 heteroatoms. The number of halogens is 1. The summed E-state index contributed by atoms with van der Waals surface area (Å²) in [4.78, 5) is 25.2. The summed E-state index contributed by atoms with van der Waals surface area (Å²) in [5.74, 6) is -0.215. The van der Waals surface area contributed by atoms with Crippen molar-refractivity contribution in [1.29, 1.82) is 0 Å². The average Bonchev–Trinajstić information content (AvgIpc) is 3.26. The average molecular weight is 450 g/mol. The van der Waals surface area contributed by atoms with Gasteiger partial charge in [0.15, 0.2) is 11.6 Å². The topological polar surface area (TPSA) is 86.9 Å². The van der Waals surface area contributed by atoms with Crippen molar-refractivity contribution >= 4 is 11.4 Å². The van der Waals surface area contributed by atoms with Gasteiger partial charge in [-0.1, -0.05) is 0 Å². The molecule has 0 saturated heterocycles. The number of carbonyl (C=O) groups is 1. The molecule has 1 amide bonds. The minimum Gasteiger partial charge on any atom is -0.494 e. The van der Waals surface area contributed by atoms with E-state index in [9.17, 15) is 14.0 Å². The lowest BCUT2D eigenvalue weighted by Gasteiger charge is -2.09. The lowest BCUT2D eigenvalue weighted by molar-refractivity contribution is 0.0951. The van der Waals surface area contributed by atoms with Gasteiger partial charge in [0.05, 0.1) is 19.4 Å². The fourth-order valence-corrected chi connectivity index (χ4v) is 3.43. The first-order chi connectivity index (χ1) is 16.0. The third-order valence-electron chi connectivity index (χ3n) is 5.12.